The van der Waals surface area contributed by atoms with E-state index in [2.05, 4.69) is 5.32 Å². The van der Waals surface area contributed by atoms with Crippen LogP contribution in [0.3, 0.4) is 0 Å². The molecular formula is C6H10F2N. The first kappa shape index (κ1) is 6.93. The molecule has 0 unspecified atom stereocenters. The van der Waals surface area contributed by atoms with Gasteiger partial charge in [-0.05, 0) is 12.8 Å². The van der Waals surface area contributed by atoms with E-state index >= 15 is 0 Å². The Morgan fingerprint density at radius 2 is 1.78 bits per heavy atom. The average Bonchev–Trinajstić information content (AvgIpc) is 1.90. The quantitative estimate of drug-likeness (QED) is 0.512. The molecule has 1 rings (SSSR count). The Morgan fingerprint density at radius 3 is 2.11 bits per heavy atom. The highest BCUT2D eigenvalue weighted by molar-refractivity contribution is 4.69. The average molecular weight is 134 g/mol. The first-order valence-corrected chi connectivity index (χ1v) is 3.22. The van der Waals surface area contributed by atoms with Crippen molar-refractivity contribution in [2.75, 3.05) is 13.1 Å². The maximum atomic E-state index is 11.9. The zero-order chi connectivity index (χ0) is 6.69. The van der Waals surface area contributed by atoms with E-state index in [0.717, 1.165) is 0 Å². The predicted octanol–water partition coefficient (Wildman–Crippen LogP) is 1.27. The molecule has 1 fully saturated rings. The number of hydrogen-bond acceptors (Lipinski definition) is 0. The molecule has 53 valence electrons. The second-order valence-corrected chi connectivity index (χ2v) is 2.34. The predicted molar refractivity (Wildman–Crippen MR) is 30.6 cm³/mol. The number of rotatable bonds is 1. The van der Waals surface area contributed by atoms with Gasteiger partial charge >= 0.3 is 0 Å². The van der Waals surface area contributed by atoms with Gasteiger partial charge in [-0.15, -0.1) is 0 Å². The minimum Gasteiger partial charge on any atom is -0.242 e. The van der Waals surface area contributed by atoms with Crippen LogP contribution in [-0.4, -0.2) is 19.5 Å². The van der Waals surface area contributed by atoms with Crippen LogP contribution in [-0.2, 0) is 0 Å². The molecule has 1 aliphatic rings. The van der Waals surface area contributed by atoms with Crippen LogP contribution in [0.5, 0.6) is 0 Å². The molecule has 0 aliphatic carbocycles. The lowest BCUT2D eigenvalue weighted by atomic mass is 9.99. The fraction of sp³-hybridized carbons (Fsp3) is 1.00. The van der Waals surface area contributed by atoms with Crippen molar-refractivity contribution in [2.24, 2.45) is 5.92 Å². The van der Waals surface area contributed by atoms with Gasteiger partial charge in [0.25, 0.3) is 0 Å². The Morgan fingerprint density at radius 1 is 1.22 bits per heavy atom. The van der Waals surface area contributed by atoms with Gasteiger partial charge in [-0.25, -0.2) is 14.1 Å². The first-order valence-electron chi connectivity index (χ1n) is 3.22. The molecule has 1 radical (unpaired) electrons. The van der Waals surface area contributed by atoms with E-state index in [1.165, 1.54) is 0 Å². The third-order valence-electron chi connectivity index (χ3n) is 1.67. The molecule has 9 heavy (non-hydrogen) atoms. The molecule has 1 nitrogen and oxygen atoms in total. The summed E-state index contributed by atoms with van der Waals surface area (Å²) in [6.07, 6.45) is -0.963. The SMILES string of the molecule is FC(F)C1CC[N]CC1. The van der Waals surface area contributed by atoms with Crippen LogP contribution in [0.15, 0.2) is 0 Å². The number of nitrogens with zero attached hydrogens (tertiary/aromatic N) is 1. The van der Waals surface area contributed by atoms with E-state index in [1.807, 2.05) is 0 Å². The highest BCUT2D eigenvalue weighted by Crippen LogP contribution is 2.19. The Kier molecular flexibility index (Phi) is 2.39. The van der Waals surface area contributed by atoms with Gasteiger partial charge in [-0.3, -0.25) is 0 Å². The molecule has 0 aromatic rings. The van der Waals surface area contributed by atoms with Crippen LogP contribution < -0.4 is 5.32 Å². The minimum absolute atomic E-state index is 0.373. The van der Waals surface area contributed by atoms with Crippen molar-refractivity contribution in [3.05, 3.63) is 0 Å². The van der Waals surface area contributed by atoms with E-state index in [1.54, 1.807) is 0 Å². The fourth-order valence-corrected chi connectivity index (χ4v) is 1.02. The van der Waals surface area contributed by atoms with Crippen molar-refractivity contribution in [3.8, 4) is 0 Å². The summed E-state index contributed by atoms with van der Waals surface area (Å²) in [5, 5.41) is 3.98. The molecule has 1 aliphatic heterocycles. The van der Waals surface area contributed by atoms with Gasteiger partial charge < -0.3 is 0 Å². The van der Waals surface area contributed by atoms with E-state index in [4.69, 9.17) is 0 Å². The lowest BCUT2D eigenvalue weighted by molar-refractivity contribution is 0.0595. The summed E-state index contributed by atoms with van der Waals surface area (Å²) in [5.74, 6) is -0.373. The Balaban J connectivity index is 2.23. The zero-order valence-corrected chi connectivity index (χ0v) is 5.19. The molecule has 0 saturated carbocycles. The second kappa shape index (κ2) is 3.11. The van der Waals surface area contributed by atoms with Gasteiger partial charge in [-0.2, -0.15) is 0 Å². The van der Waals surface area contributed by atoms with Crippen LogP contribution in [0.1, 0.15) is 12.8 Å². The number of halogens is 2. The molecule has 0 atom stereocenters. The Hall–Kier alpha value is -0.180. The van der Waals surface area contributed by atoms with Crippen LogP contribution in [0.2, 0.25) is 0 Å². The van der Waals surface area contributed by atoms with Crippen LogP contribution in [0.25, 0.3) is 0 Å². The number of alkyl halides is 2. The molecule has 0 bridgehead atoms. The van der Waals surface area contributed by atoms with E-state index in [-0.39, 0.29) is 5.92 Å². The molecule has 0 aromatic carbocycles. The maximum Gasteiger partial charge on any atom is 0.241 e. The van der Waals surface area contributed by atoms with Gasteiger partial charge in [-0.1, -0.05) is 0 Å². The van der Waals surface area contributed by atoms with Gasteiger partial charge in [0.05, 0.1) is 0 Å². The molecule has 0 amide bonds. The highest BCUT2D eigenvalue weighted by Gasteiger charge is 2.22. The minimum atomic E-state index is -2.12. The normalized spacial score (nSPS) is 23.0. The van der Waals surface area contributed by atoms with Crippen molar-refractivity contribution in [1.29, 1.82) is 0 Å². The third-order valence-corrected chi connectivity index (χ3v) is 1.67. The standard InChI is InChI=1S/C6H10F2N/c7-6(8)5-1-3-9-4-2-5/h5-6H,1-4H2. The van der Waals surface area contributed by atoms with Crippen LogP contribution >= 0.6 is 0 Å². The summed E-state index contributed by atoms with van der Waals surface area (Å²) in [4.78, 5) is 0. The van der Waals surface area contributed by atoms with Crippen LogP contribution in [0, 0.1) is 5.92 Å². The van der Waals surface area contributed by atoms with Crippen molar-refractivity contribution >= 4 is 0 Å². The van der Waals surface area contributed by atoms with E-state index in [0.29, 0.717) is 25.9 Å². The lowest BCUT2D eigenvalue weighted by Gasteiger charge is -2.19. The van der Waals surface area contributed by atoms with E-state index < -0.39 is 6.43 Å². The third kappa shape index (κ3) is 1.90. The molecule has 1 saturated heterocycles. The molecule has 0 spiro atoms. The van der Waals surface area contributed by atoms with E-state index in [9.17, 15) is 8.78 Å². The molecule has 0 aromatic heterocycles. The summed E-state index contributed by atoms with van der Waals surface area (Å²) in [6.45, 7) is 1.27. The smallest absolute Gasteiger partial charge is 0.241 e. The molecule has 3 heteroatoms. The topological polar surface area (TPSA) is 14.1 Å². The van der Waals surface area contributed by atoms with Gasteiger partial charge in [0.1, 0.15) is 0 Å². The molecule has 0 N–H and O–H groups in total. The van der Waals surface area contributed by atoms with Crippen molar-refractivity contribution < 1.29 is 8.78 Å². The number of piperidine rings is 1. The summed E-state index contributed by atoms with van der Waals surface area (Å²) in [7, 11) is 0. The monoisotopic (exact) mass is 134 g/mol. The second-order valence-electron chi connectivity index (χ2n) is 2.34. The summed E-state index contributed by atoms with van der Waals surface area (Å²) < 4.78 is 23.8. The molecule has 1 heterocycles. The highest BCUT2D eigenvalue weighted by atomic mass is 19.3. The van der Waals surface area contributed by atoms with Crippen LogP contribution in [0.4, 0.5) is 8.78 Å². The van der Waals surface area contributed by atoms with Crippen molar-refractivity contribution in [1.82, 2.24) is 5.32 Å². The summed E-state index contributed by atoms with van der Waals surface area (Å²) >= 11 is 0. The van der Waals surface area contributed by atoms with Crippen molar-refractivity contribution in [2.45, 2.75) is 19.3 Å². The molecular weight excluding hydrogens is 124 g/mol. The lowest BCUT2D eigenvalue weighted by Crippen LogP contribution is -2.26. The largest absolute Gasteiger partial charge is 0.242 e. The fourth-order valence-electron chi connectivity index (χ4n) is 1.02. The first-order chi connectivity index (χ1) is 4.30. The number of hydrogen-bond donors (Lipinski definition) is 0. The summed E-state index contributed by atoms with van der Waals surface area (Å²) in [5.41, 5.74) is 0. The Bertz CT molecular complexity index is 79.1. The summed E-state index contributed by atoms with van der Waals surface area (Å²) in [6, 6.07) is 0. The zero-order valence-electron chi connectivity index (χ0n) is 5.19. The maximum absolute atomic E-state index is 11.9. The van der Waals surface area contributed by atoms with Gasteiger partial charge in [0, 0.05) is 19.0 Å². The van der Waals surface area contributed by atoms with Gasteiger partial charge in [0.15, 0.2) is 0 Å². The van der Waals surface area contributed by atoms with Gasteiger partial charge in [0.2, 0.25) is 6.43 Å². The van der Waals surface area contributed by atoms with Crippen molar-refractivity contribution in [3.63, 3.8) is 0 Å². The Labute approximate surface area is 53.4 Å².